The second kappa shape index (κ2) is 6.21. The van der Waals surface area contributed by atoms with Crippen LogP contribution in [0, 0.1) is 0 Å². The van der Waals surface area contributed by atoms with Crippen molar-refractivity contribution in [1.29, 1.82) is 0 Å². The molecule has 1 aliphatic rings. The smallest absolute Gasteiger partial charge is 0.118 e. The molecule has 100 valence electrons. The van der Waals surface area contributed by atoms with Crippen molar-refractivity contribution in [2.45, 2.75) is 38.3 Å². The van der Waals surface area contributed by atoms with E-state index in [0.717, 1.165) is 24.4 Å². The zero-order valence-corrected chi connectivity index (χ0v) is 11.3. The monoisotopic (exact) mass is 249 g/mol. The first-order chi connectivity index (χ1) is 8.72. The Balaban J connectivity index is 2.01. The van der Waals surface area contributed by atoms with E-state index in [1.807, 2.05) is 24.3 Å². The molecule has 1 aromatic rings. The maximum Gasteiger partial charge on any atom is 0.118 e. The Morgan fingerprint density at radius 3 is 2.28 bits per heavy atom. The number of likely N-dealkylation sites (tertiary alicyclic amines) is 1. The molecule has 1 N–H and O–H groups in total. The quantitative estimate of drug-likeness (QED) is 0.890. The topological polar surface area (TPSA) is 32.7 Å². The van der Waals surface area contributed by atoms with E-state index < -0.39 is 6.10 Å². The van der Waals surface area contributed by atoms with Crippen molar-refractivity contribution in [2.75, 3.05) is 20.2 Å². The zero-order chi connectivity index (χ0) is 13.0. The Bertz CT molecular complexity index is 357. The second-order valence-electron chi connectivity index (χ2n) is 5.06. The van der Waals surface area contributed by atoms with E-state index in [9.17, 15) is 5.11 Å². The summed E-state index contributed by atoms with van der Waals surface area (Å²) in [6.45, 7) is 4.32. The minimum absolute atomic E-state index is 0.179. The van der Waals surface area contributed by atoms with Gasteiger partial charge < -0.3 is 9.84 Å². The summed E-state index contributed by atoms with van der Waals surface area (Å²) >= 11 is 0. The molecule has 0 unspecified atom stereocenters. The summed E-state index contributed by atoms with van der Waals surface area (Å²) in [4.78, 5) is 2.39. The molecule has 0 saturated carbocycles. The minimum atomic E-state index is -0.422. The number of aliphatic hydroxyl groups excluding tert-OH is 1. The van der Waals surface area contributed by atoms with Gasteiger partial charge in [0.2, 0.25) is 0 Å². The van der Waals surface area contributed by atoms with Gasteiger partial charge in [0.05, 0.1) is 13.2 Å². The van der Waals surface area contributed by atoms with Gasteiger partial charge in [-0.05, 0) is 50.6 Å². The lowest BCUT2D eigenvalue weighted by Crippen LogP contribution is -2.40. The Labute approximate surface area is 109 Å². The molecule has 3 nitrogen and oxygen atoms in total. The van der Waals surface area contributed by atoms with Crippen LogP contribution in [-0.4, -0.2) is 36.2 Å². The highest BCUT2D eigenvalue weighted by atomic mass is 16.5. The van der Waals surface area contributed by atoms with E-state index in [0.29, 0.717) is 0 Å². The number of aliphatic hydroxyl groups is 1. The fourth-order valence-electron chi connectivity index (χ4n) is 2.60. The molecule has 0 aromatic heterocycles. The third-order valence-electron chi connectivity index (χ3n) is 3.88. The summed E-state index contributed by atoms with van der Waals surface area (Å²) in [5.41, 5.74) is 0.967. The van der Waals surface area contributed by atoms with E-state index >= 15 is 0 Å². The SMILES string of the molecule is COc1ccc([C@@H](O)[C@H](C)N2CCCCC2)cc1. The van der Waals surface area contributed by atoms with Crippen LogP contribution in [0.1, 0.15) is 37.9 Å². The zero-order valence-electron chi connectivity index (χ0n) is 11.3. The molecule has 1 heterocycles. The fourth-order valence-corrected chi connectivity index (χ4v) is 2.60. The van der Waals surface area contributed by atoms with Crippen molar-refractivity contribution >= 4 is 0 Å². The summed E-state index contributed by atoms with van der Waals surface area (Å²) in [5, 5.41) is 10.4. The van der Waals surface area contributed by atoms with Crippen molar-refractivity contribution in [2.24, 2.45) is 0 Å². The number of rotatable bonds is 4. The third kappa shape index (κ3) is 3.03. The lowest BCUT2D eigenvalue weighted by Gasteiger charge is -2.35. The second-order valence-corrected chi connectivity index (χ2v) is 5.06. The van der Waals surface area contributed by atoms with E-state index in [-0.39, 0.29) is 6.04 Å². The Kier molecular flexibility index (Phi) is 4.61. The van der Waals surface area contributed by atoms with E-state index in [1.54, 1.807) is 7.11 Å². The van der Waals surface area contributed by atoms with Gasteiger partial charge in [0.15, 0.2) is 0 Å². The molecular weight excluding hydrogens is 226 g/mol. The molecule has 18 heavy (non-hydrogen) atoms. The number of piperidine rings is 1. The minimum Gasteiger partial charge on any atom is -0.497 e. The van der Waals surface area contributed by atoms with Crippen molar-refractivity contribution < 1.29 is 9.84 Å². The molecule has 0 radical (unpaired) electrons. The molecule has 3 heteroatoms. The number of nitrogens with zero attached hydrogens (tertiary/aromatic N) is 1. The molecule has 2 rings (SSSR count). The number of hydrogen-bond donors (Lipinski definition) is 1. The van der Waals surface area contributed by atoms with E-state index in [1.165, 1.54) is 19.3 Å². The lowest BCUT2D eigenvalue weighted by atomic mass is 10.00. The number of benzene rings is 1. The average molecular weight is 249 g/mol. The van der Waals surface area contributed by atoms with Crippen LogP contribution in [0.5, 0.6) is 5.75 Å². The predicted octanol–water partition coefficient (Wildman–Crippen LogP) is 2.60. The van der Waals surface area contributed by atoms with Crippen LogP contribution in [0.2, 0.25) is 0 Å². The first kappa shape index (κ1) is 13.4. The highest BCUT2D eigenvalue weighted by molar-refractivity contribution is 5.29. The Morgan fingerprint density at radius 1 is 1.11 bits per heavy atom. The largest absolute Gasteiger partial charge is 0.497 e. The molecule has 0 bridgehead atoms. The van der Waals surface area contributed by atoms with Crippen LogP contribution in [0.25, 0.3) is 0 Å². The highest BCUT2D eigenvalue weighted by Crippen LogP contribution is 2.25. The Morgan fingerprint density at radius 2 is 1.72 bits per heavy atom. The van der Waals surface area contributed by atoms with Crippen LogP contribution < -0.4 is 4.74 Å². The van der Waals surface area contributed by atoms with Crippen molar-refractivity contribution in [3.05, 3.63) is 29.8 Å². The van der Waals surface area contributed by atoms with Crippen LogP contribution in [-0.2, 0) is 0 Å². The molecular formula is C15H23NO2. The molecule has 1 aromatic carbocycles. The molecule has 0 amide bonds. The summed E-state index contributed by atoms with van der Waals surface area (Å²) in [5.74, 6) is 0.830. The van der Waals surface area contributed by atoms with Crippen LogP contribution in [0.4, 0.5) is 0 Å². The van der Waals surface area contributed by atoms with Gasteiger partial charge in [-0.2, -0.15) is 0 Å². The summed E-state index contributed by atoms with van der Waals surface area (Å²) < 4.78 is 5.13. The summed E-state index contributed by atoms with van der Waals surface area (Å²) in [6, 6.07) is 7.88. The van der Waals surface area contributed by atoms with Crippen molar-refractivity contribution in [3.63, 3.8) is 0 Å². The van der Waals surface area contributed by atoms with Gasteiger partial charge >= 0.3 is 0 Å². The molecule has 1 fully saturated rings. The number of ether oxygens (including phenoxy) is 1. The first-order valence-corrected chi connectivity index (χ1v) is 6.78. The lowest BCUT2D eigenvalue weighted by molar-refractivity contribution is 0.0471. The summed E-state index contributed by atoms with van der Waals surface area (Å²) in [7, 11) is 1.65. The maximum absolute atomic E-state index is 10.4. The van der Waals surface area contributed by atoms with Crippen LogP contribution in [0.3, 0.4) is 0 Å². The fraction of sp³-hybridized carbons (Fsp3) is 0.600. The number of methoxy groups -OCH3 is 1. The maximum atomic E-state index is 10.4. The standard InChI is InChI=1S/C15H23NO2/c1-12(16-10-4-3-5-11-16)15(17)13-6-8-14(18-2)9-7-13/h6-9,12,15,17H,3-5,10-11H2,1-2H3/t12-,15-/m0/s1. The van der Waals surface area contributed by atoms with E-state index in [2.05, 4.69) is 11.8 Å². The molecule has 2 atom stereocenters. The van der Waals surface area contributed by atoms with Crippen molar-refractivity contribution in [1.82, 2.24) is 4.90 Å². The molecule has 1 saturated heterocycles. The van der Waals surface area contributed by atoms with Crippen LogP contribution in [0.15, 0.2) is 24.3 Å². The van der Waals surface area contributed by atoms with Gasteiger partial charge in [-0.3, -0.25) is 4.90 Å². The first-order valence-electron chi connectivity index (χ1n) is 6.78. The van der Waals surface area contributed by atoms with Crippen molar-refractivity contribution in [3.8, 4) is 5.75 Å². The molecule has 0 aliphatic carbocycles. The molecule has 1 aliphatic heterocycles. The van der Waals surface area contributed by atoms with Gasteiger partial charge in [0.1, 0.15) is 5.75 Å². The van der Waals surface area contributed by atoms with E-state index in [4.69, 9.17) is 4.74 Å². The Hall–Kier alpha value is -1.06. The predicted molar refractivity (Wildman–Crippen MR) is 72.8 cm³/mol. The van der Waals surface area contributed by atoms with Gasteiger partial charge in [0.25, 0.3) is 0 Å². The van der Waals surface area contributed by atoms with Crippen LogP contribution >= 0.6 is 0 Å². The van der Waals surface area contributed by atoms with Gasteiger partial charge in [-0.1, -0.05) is 18.6 Å². The highest BCUT2D eigenvalue weighted by Gasteiger charge is 2.24. The average Bonchev–Trinajstić information content (AvgIpc) is 2.47. The normalized spacial score (nSPS) is 20.4. The summed E-state index contributed by atoms with van der Waals surface area (Å²) in [6.07, 6.45) is 3.40. The van der Waals surface area contributed by atoms with Gasteiger partial charge in [-0.25, -0.2) is 0 Å². The van der Waals surface area contributed by atoms with Gasteiger partial charge in [0, 0.05) is 6.04 Å². The third-order valence-corrected chi connectivity index (χ3v) is 3.88. The van der Waals surface area contributed by atoms with Gasteiger partial charge in [-0.15, -0.1) is 0 Å². The molecule has 0 spiro atoms. The number of hydrogen-bond acceptors (Lipinski definition) is 3.